The second-order valence-corrected chi connectivity index (χ2v) is 7.06. The average Bonchev–Trinajstić information content (AvgIpc) is 2.98. The predicted octanol–water partition coefficient (Wildman–Crippen LogP) is 2.95. The number of amides is 1. The highest BCUT2D eigenvalue weighted by molar-refractivity contribution is 5.90. The van der Waals surface area contributed by atoms with Crippen LogP contribution in [0.15, 0.2) is 24.3 Å². The van der Waals surface area contributed by atoms with E-state index in [2.05, 4.69) is 30.0 Å². The largest absolute Gasteiger partial charge is 0.375 e. The number of carbonyl (C=O) groups excluding carboxylic acids is 1. The molecule has 1 aliphatic rings. The minimum Gasteiger partial charge on any atom is -0.375 e. The summed E-state index contributed by atoms with van der Waals surface area (Å²) in [5, 5.41) is 4.53. The quantitative estimate of drug-likeness (QED) is 0.860. The molecule has 6 heteroatoms. The first-order chi connectivity index (χ1) is 11.9. The first-order valence-electron chi connectivity index (χ1n) is 8.84. The van der Waals surface area contributed by atoms with Crippen molar-refractivity contribution in [3.05, 3.63) is 41.5 Å². The summed E-state index contributed by atoms with van der Waals surface area (Å²) in [4.78, 5) is 19.2. The van der Waals surface area contributed by atoms with E-state index in [1.54, 1.807) is 4.68 Å². The Balaban J connectivity index is 1.94. The summed E-state index contributed by atoms with van der Waals surface area (Å²) < 4.78 is 7.38. The molecule has 2 unspecified atom stereocenters. The van der Waals surface area contributed by atoms with Crippen molar-refractivity contribution in [1.82, 2.24) is 19.7 Å². The van der Waals surface area contributed by atoms with Crippen LogP contribution in [-0.2, 0) is 4.74 Å². The molecule has 0 N–H and O–H groups in total. The molecule has 1 amide bonds. The van der Waals surface area contributed by atoms with E-state index in [0.717, 1.165) is 5.69 Å². The van der Waals surface area contributed by atoms with Gasteiger partial charge < -0.3 is 9.64 Å². The third kappa shape index (κ3) is 3.44. The van der Waals surface area contributed by atoms with Crippen molar-refractivity contribution >= 4 is 5.91 Å². The summed E-state index contributed by atoms with van der Waals surface area (Å²) in [6.07, 6.45) is 0.0324. The van der Waals surface area contributed by atoms with Crippen LogP contribution in [0.3, 0.4) is 0 Å². The molecule has 2 atom stereocenters. The van der Waals surface area contributed by atoms with Gasteiger partial charge in [0.15, 0.2) is 0 Å². The third-order valence-electron chi connectivity index (χ3n) is 4.62. The second-order valence-electron chi connectivity index (χ2n) is 7.06. The maximum absolute atomic E-state index is 12.9. The SMILES string of the molecule is Cc1nc(C(=O)N2CC(C)OCC2C)nn1-c1ccccc1C(C)C. The molecular formula is C19H26N4O2. The molecule has 0 saturated carbocycles. The van der Waals surface area contributed by atoms with Gasteiger partial charge in [0.25, 0.3) is 5.91 Å². The lowest BCUT2D eigenvalue weighted by Gasteiger charge is -2.36. The monoisotopic (exact) mass is 342 g/mol. The van der Waals surface area contributed by atoms with Gasteiger partial charge in [-0.15, -0.1) is 5.10 Å². The van der Waals surface area contributed by atoms with E-state index in [4.69, 9.17) is 4.74 Å². The second kappa shape index (κ2) is 6.96. The average molecular weight is 342 g/mol. The van der Waals surface area contributed by atoms with Crippen LogP contribution in [0.5, 0.6) is 0 Å². The molecule has 1 aromatic heterocycles. The maximum atomic E-state index is 12.9. The predicted molar refractivity (Wildman–Crippen MR) is 96.1 cm³/mol. The van der Waals surface area contributed by atoms with E-state index < -0.39 is 0 Å². The fourth-order valence-corrected chi connectivity index (χ4v) is 3.19. The number of aromatic nitrogens is 3. The van der Waals surface area contributed by atoms with Crippen LogP contribution < -0.4 is 0 Å². The van der Waals surface area contributed by atoms with Gasteiger partial charge in [0.2, 0.25) is 5.82 Å². The lowest BCUT2D eigenvalue weighted by molar-refractivity contribution is -0.0391. The van der Waals surface area contributed by atoms with Gasteiger partial charge in [0.05, 0.1) is 24.4 Å². The zero-order valence-corrected chi connectivity index (χ0v) is 15.6. The number of rotatable bonds is 3. The van der Waals surface area contributed by atoms with Gasteiger partial charge in [-0.2, -0.15) is 0 Å². The number of benzene rings is 1. The van der Waals surface area contributed by atoms with Crippen molar-refractivity contribution in [2.75, 3.05) is 13.2 Å². The van der Waals surface area contributed by atoms with Crippen LogP contribution in [-0.4, -0.2) is 50.9 Å². The molecule has 134 valence electrons. The van der Waals surface area contributed by atoms with Crippen molar-refractivity contribution in [2.24, 2.45) is 0 Å². The van der Waals surface area contributed by atoms with Crippen LogP contribution in [0, 0.1) is 6.92 Å². The summed E-state index contributed by atoms with van der Waals surface area (Å²) in [5.74, 6) is 1.19. The van der Waals surface area contributed by atoms with E-state index in [9.17, 15) is 4.79 Å². The summed E-state index contributed by atoms with van der Waals surface area (Å²) in [7, 11) is 0. The zero-order valence-electron chi connectivity index (χ0n) is 15.6. The first kappa shape index (κ1) is 17.6. The molecule has 2 heterocycles. The van der Waals surface area contributed by atoms with Crippen molar-refractivity contribution < 1.29 is 9.53 Å². The van der Waals surface area contributed by atoms with Gasteiger partial charge in [0.1, 0.15) is 5.82 Å². The first-order valence-corrected chi connectivity index (χ1v) is 8.84. The maximum Gasteiger partial charge on any atom is 0.293 e. The molecule has 1 aliphatic heterocycles. The fourth-order valence-electron chi connectivity index (χ4n) is 3.19. The van der Waals surface area contributed by atoms with Crippen molar-refractivity contribution in [3.8, 4) is 5.69 Å². The fraction of sp³-hybridized carbons (Fsp3) is 0.526. The highest BCUT2D eigenvalue weighted by atomic mass is 16.5. The van der Waals surface area contributed by atoms with Crippen molar-refractivity contribution in [2.45, 2.75) is 52.7 Å². The molecule has 25 heavy (non-hydrogen) atoms. The molecule has 3 rings (SSSR count). The van der Waals surface area contributed by atoms with Gasteiger partial charge >= 0.3 is 0 Å². The summed E-state index contributed by atoms with van der Waals surface area (Å²) in [5.41, 5.74) is 2.16. The van der Waals surface area contributed by atoms with Crippen LogP contribution in [0.4, 0.5) is 0 Å². The molecule has 6 nitrogen and oxygen atoms in total. The van der Waals surface area contributed by atoms with Crippen molar-refractivity contribution in [1.29, 1.82) is 0 Å². The Bertz CT molecular complexity index is 769. The number of para-hydroxylation sites is 1. The Morgan fingerprint density at radius 1 is 1.28 bits per heavy atom. The molecule has 0 spiro atoms. The van der Waals surface area contributed by atoms with E-state index in [1.807, 2.05) is 43.9 Å². The van der Waals surface area contributed by atoms with Crippen LogP contribution in [0.25, 0.3) is 5.69 Å². The minimum absolute atomic E-state index is 0.0268. The number of ether oxygens (including phenoxy) is 1. The Morgan fingerprint density at radius 2 is 2.00 bits per heavy atom. The molecule has 1 fully saturated rings. The van der Waals surface area contributed by atoms with E-state index in [1.165, 1.54) is 5.56 Å². The Hall–Kier alpha value is -2.21. The number of carbonyl (C=O) groups is 1. The van der Waals surface area contributed by atoms with Gasteiger partial charge in [-0.05, 0) is 38.3 Å². The topological polar surface area (TPSA) is 60.3 Å². The molecule has 1 aromatic carbocycles. The lowest BCUT2D eigenvalue weighted by Crippen LogP contribution is -2.50. The Morgan fingerprint density at radius 3 is 2.72 bits per heavy atom. The summed E-state index contributed by atoms with van der Waals surface area (Å²) in [6.45, 7) is 11.2. The number of aryl methyl sites for hydroxylation is 1. The lowest BCUT2D eigenvalue weighted by atomic mass is 10.0. The highest BCUT2D eigenvalue weighted by Gasteiger charge is 2.31. The molecule has 0 aliphatic carbocycles. The normalized spacial score (nSPS) is 21.0. The molecule has 2 aromatic rings. The standard InChI is InChI=1S/C19H26N4O2/c1-12(2)16-8-6-7-9-17(16)23-15(5)20-18(21-23)19(24)22-10-14(4)25-11-13(22)3/h6-9,12-14H,10-11H2,1-5H3. The number of hydrogen-bond donors (Lipinski definition) is 0. The van der Waals surface area contributed by atoms with Crippen LogP contribution in [0.1, 0.15) is 55.6 Å². The van der Waals surface area contributed by atoms with Gasteiger partial charge in [-0.3, -0.25) is 4.79 Å². The Labute approximate surface area is 148 Å². The number of nitrogens with zero attached hydrogens (tertiary/aromatic N) is 4. The third-order valence-corrected chi connectivity index (χ3v) is 4.62. The van der Waals surface area contributed by atoms with E-state index >= 15 is 0 Å². The summed E-state index contributed by atoms with van der Waals surface area (Å²) >= 11 is 0. The highest BCUT2D eigenvalue weighted by Crippen LogP contribution is 2.23. The molecule has 1 saturated heterocycles. The zero-order chi connectivity index (χ0) is 18.1. The van der Waals surface area contributed by atoms with Crippen LogP contribution in [0.2, 0.25) is 0 Å². The smallest absolute Gasteiger partial charge is 0.293 e. The molecule has 0 radical (unpaired) electrons. The van der Waals surface area contributed by atoms with Gasteiger partial charge in [0, 0.05) is 6.54 Å². The van der Waals surface area contributed by atoms with Crippen LogP contribution >= 0.6 is 0 Å². The number of hydrogen-bond acceptors (Lipinski definition) is 4. The number of morpholine rings is 1. The van der Waals surface area contributed by atoms with Gasteiger partial charge in [-0.1, -0.05) is 32.0 Å². The minimum atomic E-state index is -0.133. The van der Waals surface area contributed by atoms with E-state index in [-0.39, 0.29) is 23.9 Å². The van der Waals surface area contributed by atoms with Crippen molar-refractivity contribution in [3.63, 3.8) is 0 Å². The molecular weight excluding hydrogens is 316 g/mol. The Kier molecular flexibility index (Phi) is 4.90. The van der Waals surface area contributed by atoms with E-state index in [0.29, 0.717) is 24.9 Å². The summed E-state index contributed by atoms with van der Waals surface area (Å²) in [6, 6.07) is 8.14. The van der Waals surface area contributed by atoms with Gasteiger partial charge in [-0.25, -0.2) is 9.67 Å². The molecule has 0 bridgehead atoms.